The normalized spacial score (nSPS) is 13.5. The van der Waals surface area contributed by atoms with E-state index in [0.717, 1.165) is 17.5 Å². The van der Waals surface area contributed by atoms with Crippen LogP contribution in [0.25, 0.3) is 0 Å². The number of thiophene rings is 1. The van der Waals surface area contributed by atoms with Crippen LogP contribution >= 0.6 is 11.3 Å². The highest BCUT2D eigenvalue weighted by Crippen LogP contribution is 2.21. The van der Waals surface area contributed by atoms with Crippen molar-refractivity contribution in [3.63, 3.8) is 0 Å². The van der Waals surface area contributed by atoms with Crippen LogP contribution in [0, 0.1) is 0 Å². The van der Waals surface area contributed by atoms with Crippen molar-refractivity contribution in [3.05, 3.63) is 52.2 Å². The molecule has 2 rings (SSSR count). The summed E-state index contributed by atoms with van der Waals surface area (Å²) in [5.41, 5.74) is 2.25. The summed E-state index contributed by atoms with van der Waals surface area (Å²) in [5, 5.41) is 4.05. The Morgan fingerprint density at radius 1 is 1.18 bits per heavy atom. The molecular formula is C16H22N2O2S2. The number of nitrogens with one attached hydrogen (secondary N) is 1. The van der Waals surface area contributed by atoms with E-state index in [9.17, 15) is 8.42 Å². The van der Waals surface area contributed by atoms with Gasteiger partial charge in [0.05, 0.1) is 4.90 Å². The standard InChI is InChI=1S/C16H22N2O2S2/c1-4-13-5-7-15(8-6-13)22(19,20)17-11-16(18(2)3)14-9-10-21-12-14/h5-10,12,16-17H,4,11H2,1-3H3. The van der Waals surface area contributed by atoms with E-state index in [1.54, 1.807) is 23.5 Å². The molecule has 0 saturated heterocycles. The Labute approximate surface area is 136 Å². The Morgan fingerprint density at radius 2 is 1.86 bits per heavy atom. The molecule has 6 heteroatoms. The molecule has 0 saturated carbocycles. The number of nitrogens with zero attached hydrogens (tertiary/aromatic N) is 1. The SMILES string of the molecule is CCc1ccc(S(=O)(=O)NCC(c2ccsc2)N(C)C)cc1. The molecule has 0 bridgehead atoms. The molecule has 2 aromatic rings. The highest BCUT2D eigenvalue weighted by Gasteiger charge is 2.19. The zero-order chi connectivity index (χ0) is 16.2. The van der Waals surface area contributed by atoms with Crippen molar-refractivity contribution in [1.82, 2.24) is 9.62 Å². The first-order chi connectivity index (χ1) is 10.4. The van der Waals surface area contributed by atoms with Gasteiger partial charge >= 0.3 is 0 Å². The van der Waals surface area contributed by atoms with Gasteiger partial charge in [0.15, 0.2) is 0 Å². The Kier molecular flexibility index (Phi) is 5.74. The minimum absolute atomic E-state index is 0.0240. The maximum atomic E-state index is 12.4. The minimum atomic E-state index is -3.48. The highest BCUT2D eigenvalue weighted by molar-refractivity contribution is 7.89. The second-order valence-electron chi connectivity index (χ2n) is 5.39. The molecule has 0 spiro atoms. The first kappa shape index (κ1) is 17.1. The van der Waals surface area contributed by atoms with Gasteiger partial charge in [0.1, 0.15) is 0 Å². The molecule has 1 unspecified atom stereocenters. The van der Waals surface area contributed by atoms with Crippen LogP contribution in [0.5, 0.6) is 0 Å². The summed E-state index contributed by atoms with van der Waals surface area (Å²) in [7, 11) is 0.424. The summed E-state index contributed by atoms with van der Waals surface area (Å²) in [6, 6.07) is 9.09. The minimum Gasteiger partial charge on any atom is -0.301 e. The van der Waals surface area contributed by atoms with Crippen LogP contribution in [0.3, 0.4) is 0 Å². The van der Waals surface area contributed by atoms with Crippen LogP contribution in [0.1, 0.15) is 24.1 Å². The molecule has 22 heavy (non-hydrogen) atoms. The summed E-state index contributed by atoms with van der Waals surface area (Å²) in [6.45, 7) is 2.39. The van der Waals surface area contributed by atoms with Crippen molar-refractivity contribution in [2.24, 2.45) is 0 Å². The zero-order valence-corrected chi connectivity index (χ0v) is 14.7. The van der Waals surface area contributed by atoms with E-state index >= 15 is 0 Å². The summed E-state index contributed by atoms with van der Waals surface area (Å²) >= 11 is 1.62. The first-order valence-corrected chi connectivity index (χ1v) is 9.63. The molecule has 120 valence electrons. The molecule has 1 heterocycles. The summed E-state index contributed by atoms with van der Waals surface area (Å²) < 4.78 is 27.5. The molecule has 0 aliphatic heterocycles. The Bertz CT molecular complexity index is 677. The Balaban J connectivity index is 2.10. The lowest BCUT2D eigenvalue weighted by Gasteiger charge is -2.24. The van der Waals surface area contributed by atoms with Crippen LogP contribution in [0.2, 0.25) is 0 Å². The van der Waals surface area contributed by atoms with Crippen molar-refractivity contribution < 1.29 is 8.42 Å². The van der Waals surface area contributed by atoms with E-state index in [2.05, 4.69) is 10.1 Å². The molecule has 1 aromatic heterocycles. The van der Waals surface area contributed by atoms with Gasteiger partial charge in [0.2, 0.25) is 10.0 Å². The van der Waals surface area contributed by atoms with Crippen LogP contribution < -0.4 is 4.72 Å². The molecule has 0 aliphatic carbocycles. The van der Waals surface area contributed by atoms with Crippen LogP contribution in [0.4, 0.5) is 0 Å². The average Bonchev–Trinajstić information content (AvgIpc) is 3.01. The van der Waals surface area contributed by atoms with Crippen molar-refractivity contribution in [1.29, 1.82) is 0 Å². The third-order valence-electron chi connectivity index (χ3n) is 3.66. The van der Waals surface area contributed by atoms with Crippen LogP contribution in [-0.4, -0.2) is 34.0 Å². The number of hydrogen-bond donors (Lipinski definition) is 1. The number of rotatable bonds is 7. The van der Waals surface area contributed by atoms with Gasteiger partial charge in [-0.15, -0.1) is 0 Å². The van der Waals surface area contributed by atoms with Gasteiger partial charge in [0.25, 0.3) is 0 Å². The van der Waals surface area contributed by atoms with E-state index < -0.39 is 10.0 Å². The predicted octanol–water partition coefficient (Wildman–Crippen LogP) is 2.89. The van der Waals surface area contributed by atoms with E-state index in [4.69, 9.17) is 0 Å². The highest BCUT2D eigenvalue weighted by atomic mass is 32.2. The smallest absolute Gasteiger partial charge is 0.240 e. The van der Waals surface area contributed by atoms with Gasteiger partial charge in [-0.2, -0.15) is 11.3 Å². The topological polar surface area (TPSA) is 49.4 Å². The Hall–Kier alpha value is -1.21. The number of benzene rings is 1. The molecule has 0 fully saturated rings. The molecule has 1 N–H and O–H groups in total. The van der Waals surface area contributed by atoms with Gasteiger partial charge in [-0.1, -0.05) is 19.1 Å². The third kappa shape index (κ3) is 4.16. The number of likely N-dealkylation sites (N-methyl/N-ethyl adjacent to an activating group) is 1. The van der Waals surface area contributed by atoms with Gasteiger partial charge in [-0.25, -0.2) is 13.1 Å². The average molecular weight is 338 g/mol. The first-order valence-electron chi connectivity index (χ1n) is 7.21. The van der Waals surface area contributed by atoms with E-state index in [-0.39, 0.29) is 6.04 Å². The monoisotopic (exact) mass is 338 g/mol. The van der Waals surface area contributed by atoms with Gasteiger partial charge < -0.3 is 4.90 Å². The number of hydrogen-bond acceptors (Lipinski definition) is 4. The molecule has 1 aromatic carbocycles. The van der Waals surface area contributed by atoms with E-state index in [1.807, 2.05) is 49.5 Å². The second-order valence-corrected chi connectivity index (χ2v) is 7.93. The lowest BCUT2D eigenvalue weighted by Crippen LogP contribution is -2.34. The van der Waals surface area contributed by atoms with E-state index in [1.165, 1.54) is 0 Å². The third-order valence-corrected chi connectivity index (χ3v) is 5.80. The van der Waals surface area contributed by atoms with Gasteiger partial charge in [-0.05, 0) is 60.6 Å². The van der Waals surface area contributed by atoms with Crippen molar-refractivity contribution in [2.45, 2.75) is 24.3 Å². The largest absolute Gasteiger partial charge is 0.301 e. The molecular weight excluding hydrogens is 316 g/mol. The Morgan fingerprint density at radius 3 is 2.36 bits per heavy atom. The van der Waals surface area contributed by atoms with Crippen molar-refractivity contribution in [3.8, 4) is 0 Å². The lowest BCUT2D eigenvalue weighted by molar-refractivity contribution is 0.300. The predicted molar refractivity (Wildman–Crippen MR) is 91.8 cm³/mol. The van der Waals surface area contributed by atoms with Crippen LogP contribution in [-0.2, 0) is 16.4 Å². The molecule has 1 atom stereocenters. The van der Waals surface area contributed by atoms with Gasteiger partial charge in [-0.3, -0.25) is 0 Å². The fraction of sp³-hybridized carbons (Fsp3) is 0.375. The lowest BCUT2D eigenvalue weighted by atomic mass is 10.1. The number of aryl methyl sites for hydroxylation is 1. The van der Waals surface area contributed by atoms with Crippen molar-refractivity contribution >= 4 is 21.4 Å². The van der Waals surface area contributed by atoms with Gasteiger partial charge in [0, 0.05) is 12.6 Å². The number of sulfonamides is 1. The molecule has 0 aliphatic rings. The fourth-order valence-corrected chi connectivity index (χ4v) is 3.98. The summed E-state index contributed by atoms with van der Waals surface area (Å²) in [6.07, 6.45) is 0.897. The fourth-order valence-electron chi connectivity index (χ4n) is 2.24. The molecule has 4 nitrogen and oxygen atoms in total. The molecule has 0 radical (unpaired) electrons. The summed E-state index contributed by atoms with van der Waals surface area (Å²) in [4.78, 5) is 2.33. The van der Waals surface area contributed by atoms with Crippen LogP contribution in [0.15, 0.2) is 46.0 Å². The quantitative estimate of drug-likeness (QED) is 0.844. The zero-order valence-electron chi connectivity index (χ0n) is 13.1. The maximum Gasteiger partial charge on any atom is 0.240 e. The van der Waals surface area contributed by atoms with E-state index in [0.29, 0.717) is 11.4 Å². The molecule has 0 amide bonds. The summed E-state index contributed by atoms with van der Waals surface area (Å²) in [5.74, 6) is 0. The maximum absolute atomic E-state index is 12.4. The van der Waals surface area contributed by atoms with Crippen molar-refractivity contribution in [2.75, 3.05) is 20.6 Å². The second kappa shape index (κ2) is 7.37.